The molecule has 0 aliphatic heterocycles. The summed E-state index contributed by atoms with van der Waals surface area (Å²) in [5.41, 5.74) is 0. The van der Waals surface area contributed by atoms with E-state index in [0.29, 0.717) is 6.54 Å². The summed E-state index contributed by atoms with van der Waals surface area (Å²) in [4.78, 5) is 12.8. The molecule has 0 bridgehead atoms. The van der Waals surface area contributed by atoms with Crippen LogP contribution >= 0.6 is 0 Å². The van der Waals surface area contributed by atoms with Crippen molar-refractivity contribution in [1.82, 2.24) is 4.90 Å². The Labute approximate surface area is 136 Å². The lowest BCUT2D eigenvalue weighted by molar-refractivity contribution is -0.128. The van der Waals surface area contributed by atoms with Crippen molar-refractivity contribution >= 4 is 16.0 Å². The minimum atomic E-state index is -4.25. The number of hydrogen-bond acceptors (Lipinski definition) is 4. The van der Waals surface area contributed by atoms with Crippen molar-refractivity contribution in [3.63, 3.8) is 0 Å². The number of carbonyl (C=O) groups excluding carboxylic acids is 1. The Balaban J connectivity index is 3.59. The van der Waals surface area contributed by atoms with Crippen molar-refractivity contribution in [2.75, 3.05) is 18.8 Å². The lowest BCUT2D eigenvalue weighted by atomic mass is 10.1. The highest BCUT2D eigenvalue weighted by Crippen LogP contribution is 2.10. The van der Waals surface area contributed by atoms with Gasteiger partial charge in [0.2, 0.25) is 5.91 Å². The Kier molecular flexibility index (Phi) is 12.5. The van der Waals surface area contributed by atoms with Crippen molar-refractivity contribution < 1.29 is 17.8 Å². The fourth-order valence-corrected chi connectivity index (χ4v) is 2.88. The van der Waals surface area contributed by atoms with Crippen molar-refractivity contribution in [3.05, 3.63) is 0 Å². The van der Waals surface area contributed by atoms with Gasteiger partial charge in [-0.3, -0.25) is 4.79 Å². The highest BCUT2D eigenvalue weighted by atomic mass is 32.2. The van der Waals surface area contributed by atoms with Gasteiger partial charge >= 0.3 is 0 Å². The van der Waals surface area contributed by atoms with Gasteiger partial charge in [0.25, 0.3) is 0 Å². The summed E-state index contributed by atoms with van der Waals surface area (Å²) in [6.07, 6.45) is 12.1. The smallest absolute Gasteiger partial charge is 0.219 e. The zero-order valence-electron chi connectivity index (χ0n) is 14.2. The predicted octanol–water partition coefficient (Wildman–Crippen LogP) is 3.30. The van der Waals surface area contributed by atoms with Gasteiger partial charge in [-0.15, -0.1) is 0 Å². The van der Waals surface area contributed by atoms with Crippen LogP contribution in [0.2, 0.25) is 0 Å². The Morgan fingerprint density at radius 1 is 0.864 bits per heavy atom. The van der Waals surface area contributed by atoms with Gasteiger partial charge in [-0.05, 0) is 6.42 Å². The van der Waals surface area contributed by atoms with Gasteiger partial charge in [0.15, 0.2) is 0 Å². The first-order valence-electron chi connectivity index (χ1n) is 8.56. The molecule has 0 radical (unpaired) electrons. The van der Waals surface area contributed by atoms with Crippen LogP contribution in [0.1, 0.15) is 78.1 Å². The van der Waals surface area contributed by atoms with E-state index in [4.69, 9.17) is 0 Å². The molecule has 0 aliphatic carbocycles. The zero-order valence-corrected chi connectivity index (χ0v) is 15.0. The highest BCUT2D eigenvalue weighted by Gasteiger charge is 2.09. The van der Waals surface area contributed by atoms with E-state index >= 15 is 0 Å². The SMILES string of the molecule is CCCCCCCCCCCCN(CCS(=O)(=O)[O-])C(C)=O. The van der Waals surface area contributed by atoms with Crippen LogP contribution < -0.4 is 0 Å². The fraction of sp³-hybridized carbons (Fsp3) is 0.938. The molecule has 0 heterocycles. The molecule has 0 spiro atoms. The van der Waals surface area contributed by atoms with Crippen LogP contribution in [0, 0.1) is 0 Å². The van der Waals surface area contributed by atoms with Crippen molar-refractivity contribution in [3.8, 4) is 0 Å². The molecule has 0 N–H and O–H groups in total. The average molecular weight is 335 g/mol. The molecule has 0 fully saturated rings. The normalized spacial score (nSPS) is 11.6. The van der Waals surface area contributed by atoms with E-state index in [1.165, 1.54) is 56.8 Å². The Hall–Kier alpha value is -0.620. The Morgan fingerprint density at radius 3 is 1.73 bits per heavy atom. The summed E-state index contributed by atoms with van der Waals surface area (Å²) >= 11 is 0. The minimum absolute atomic E-state index is 0.0125. The highest BCUT2D eigenvalue weighted by molar-refractivity contribution is 7.85. The zero-order chi connectivity index (χ0) is 16.8. The van der Waals surface area contributed by atoms with E-state index in [-0.39, 0.29) is 12.5 Å². The molecule has 0 aliphatic rings. The second-order valence-corrected chi connectivity index (χ2v) is 7.47. The van der Waals surface area contributed by atoms with Crippen LogP contribution in [0.5, 0.6) is 0 Å². The molecule has 0 atom stereocenters. The average Bonchev–Trinajstić information content (AvgIpc) is 2.42. The van der Waals surface area contributed by atoms with Gasteiger partial charge in [0.1, 0.15) is 0 Å². The van der Waals surface area contributed by atoms with Gasteiger partial charge in [-0.2, -0.15) is 0 Å². The summed E-state index contributed by atoms with van der Waals surface area (Å²) in [5.74, 6) is -0.663. The maximum Gasteiger partial charge on any atom is 0.219 e. The monoisotopic (exact) mass is 334 g/mol. The van der Waals surface area contributed by atoms with E-state index < -0.39 is 15.9 Å². The van der Waals surface area contributed by atoms with E-state index in [1.807, 2.05) is 0 Å². The third-order valence-corrected chi connectivity index (χ3v) is 4.52. The summed E-state index contributed by atoms with van der Waals surface area (Å²) in [5, 5.41) is 0. The molecule has 0 saturated carbocycles. The molecule has 0 saturated heterocycles. The van der Waals surface area contributed by atoms with Crippen LogP contribution in [-0.2, 0) is 14.9 Å². The third kappa shape index (κ3) is 14.3. The van der Waals surface area contributed by atoms with Crippen LogP contribution in [-0.4, -0.2) is 42.6 Å². The van der Waals surface area contributed by atoms with Gasteiger partial charge in [0.05, 0.1) is 15.9 Å². The maximum absolute atomic E-state index is 11.4. The molecule has 132 valence electrons. The number of amides is 1. The molecular weight excluding hydrogens is 302 g/mol. The second kappa shape index (κ2) is 12.9. The van der Waals surface area contributed by atoms with Crippen molar-refractivity contribution in [2.45, 2.75) is 78.1 Å². The van der Waals surface area contributed by atoms with E-state index in [0.717, 1.165) is 19.3 Å². The third-order valence-electron chi connectivity index (χ3n) is 3.84. The molecular formula is C16H32NO4S-. The number of hydrogen-bond donors (Lipinski definition) is 0. The largest absolute Gasteiger partial charge is 0.748 e. The Bertz CT molecular complexity index is 382. The molecule has 0 aromatic heterocycles. The lowest BCUT2D eigenvalue weighted by Crippen LogP contribution is -2.34. The van der Waals surface area contributed by atoms with Crippen LogP contribution in [0.4, 0.5) is 0 Å². The van der Waals surface area contributed by atoms with Crippen molar-refractivity contribution in [2.24, 2.45) is 0 Å². The van der Waals surface area contributed by atoms with E-state index in [1.54, 1.807) is 0 Å². The van der Waals surface area contributed by atoms with E-state index in [9.17, 15) is 17.8 Å². The lowest BCUT2D eigenvalue weighted by Gasteiger charge is -2.21. The molecule has 22 heavy (non-hydrogen) atoms. The standard InChI is InChI=1S/C16H33NO4S/c1-3-4-5-6-7-8-9-10-11-12-13-17(16(2)18)14-15-22(19,20)21/h3-15H2,1-2H3,(H,19,20,21)/p-1. The molecule has 5 nitrogen and oxygen atoms in total. The quantitative estimate of drug-likeness (QED) is 0.361. The van der Waals surface area contributed by atoms with Crippen LogP contribution in [0.25, 0.3) is 0 Å². The first-order valence-corrected chi connectivity index (χ1v) is 10.1. The van der Waals surface area contributed by atoms with Crippen molar-refractivity contribution in [1.29, 1.82) is 0 Å². The first-order chi connectivity index (χ1) is 10.4. The number of rotatable bonds is 14. The summed E-state index contributed by atoms with van der Waals surface area (Å²) in [6, 6.07) is 0. The van der Waals surface area contributed by atoms with Crippen LogP contribution in [0.3, 0.4) is 0 Å². The second-order valence-electron chi connectivity index (χ2n) is 5.95. The minimum Gasteiger partial charge on any atom is -0.748 e. The van der Waals surface area contributed by atoms with Crippen LogP contribution in [0.15, 0.2) is 0 Å². The van der Waals surface area contributed by atoms with Gasteiger partial charge in [-0.1, -0.05) is 64.7 Å². The predicted molar refractivity (Wildman–Crippen MR) is 88.7 cm³/mol. The summed E-state index contributed by atoms with van der Waals surface area (Å²) < 4.78 is 31.8. The number of carbonyl (C=O) groups is 1. The van der Waals surface area contributed by atoms with E-state index in [2.05, 4.69) is 6.92 Å². The number of nitrogens with zero attached hydrogens (tertiary/aromatic N) is 1. The molecule has 0 rings (SSSR count). The molecule has 1 amide bonds. The molecule has 0 unspecified atom stereocenters. The topological polar surface area (TPSA) is 77.5 Å². The summed E-state index contributed by atoms with van der Waals surface area (Å²) in [7, 11) is -4.25. The fourth-order valence-electron chi connectivity index (χ4n) is 2.44. The number of unbranched alkanes of at least 4 members (excludes halogenated alkanes) is 9. The van der Waals surface area contributed by atoms with Gasteiger partial charge in [0, 0.05) is 20.0 Å². The van der Waals surface area contributed by atoms with Gasteiger partial charge in [-0.25, -0.2) is 8.42 Å². The Morgan fingerprint density at radius 2 is 1.32 bits per heavy atom. The maximum atomic E-state index is 11.4. The summed E-state index contributed by atoms with van der Waals surface area (Å²) in [6.45, 7) is 4.19. The van der Waals surface area contributed by atoms with Gasteiger partial charge < -0.3 is 9.45 Å². The molecule has 6 heteroatoms. The molecule has 0 aromatic carbocycles. The molecule has 0 aromatic rings. The first kappa shape index (κ1) is 21.4.